The van der Waals surface area contributed by atoms with Crippen LogP contribution in [0.25, 0.3) is 11.4 Å². The number of rotatable bonds is 6. The Labute approximate surface area is 221 Å². The fraction of sp³-hybridized carbons (Fsp3) is 0.250. The molecule has 3 heterocycles. The van der Waals surface area contributed by atoms with E-state index in [9.17, 15) is 9.18 Å². The fourth-order valence-electron chi connectivity index (χ4n) is 4.18. The van der Waals surface area contributed by atoms with Gasteiger partial charge in [-0.1, -0.05) is 24.3 Å². The summed E-state index contributed by atoms with van der Waals surface area (Å²) in [6, 6.07) is 17.2. The lowest BCUT2D eigenvalue weighted by Crippen LogP contribution is -2.45. The van der Waals surface area contributed by atoms with Crippen molar-refractivity contribution < 1.29 is 9.18 Å². The number of anilines is 4. The zero-order valence-electron chi connectivity index (χ0n) is 21.6. The number of amides is 1. The van der Waals surface area contributed by atoms with Gasteiger partial charge >= 0.3 is 0 Å². The van der Waals surface area contributed by atoms with Crippen LogP contribution in [-0.4, -0.2) is 71.0 Å². The molecule has 0 saturated carbocycles. The average molecular weight is 513 g/mol. The van der Waals surface area contributed by atoms with Gasteiger partial charge in [-0.05, 0) is 55.9 Å². The zero-order valence-corrected chi connectivity index (χ0v) is 21.6. The summed E-state index contributed by atoms with van der Waals surface area (Å²) in [4.78, 5) is 37.6. The molecule has 10 heteroatoms. The first kappa shape index (κ1) is 25.2. The van der Waals surface area contributed by atoms with Crippen LogP contribution in [0.2, 0.25) is 0 Å². The predicted octanol–water partition coefficient (Wildman–Crippen LogP) is 4.15. The fourth-order valence-corrected chi connectivity index (χ4v) is 4.18. The Balaban J connectivity index is 1.50. The van der Waals surface area contributed by atoms with Gasteiger partial charge in [-0.25, -0.2) is 9.37 Å². The lowest BCUT2D eigenvalue weighted by Gasteiger charge is -2.32. The largest absolute Gasteiger partial charge is 0.338 e. The Kier molecular flexibility index (Phi) is 7.23. The van der Waals surface area contributed by atoms with Gasteiger partial charge < -0.3 is 15.1 Å². The van der Waals surface area contributed by atoms with Crippen molar-refractivity contribution in [1.82, 2.24) is 24.8 Å². The van der Waals surface area contributed by atoms with Gasteiger partial charge in [0.2, 0.25) is 11.9 Å². The second-order valence-corrected chi connectivity index (χ2v) is 9.29. The Morgan fingerprint density at radius 2 is 1.74 bits per heavy atom. The Bertz CT molecular complexity index is 1440. The number of pyridine rings is 1. The standard InChI is InChI=1S/C28H29FN8O/c1-19-9-10-21(29)18-23(19)25-32-27(34-28(33-25)37-15-13-35(2)14-16-37)36(3)24-17-20(11-12-30-24)26(38)31-22-7-5-4-6-8-22/h4-12,17-18H,13-16H2,1-3H3,(H,31,38). The van der Waals surface area contributed by atoms with E-state index in [2.05, 4.69) is 27.1 Å². The third kappa shape index (κ3) is 5.60. The van der Waals surface area contributed by atoms with Crippen LogP contribution in [0, 0.1) is 12.7 Å². The van der Waals surface area contributed by atoms with Gasteiger partial charge in [0.1, 0.15) is 11.6 Å². The predicted molar refractivity (Wildman–Crippen MR) is 146 cm³/mol. The van der Waals surface area contributed by atoms with E-state index in [0.717, 1.165) is 31.7 Å². The molecule has 0 unspecified atom stereocenters. The van der Waals surface area contributed by atoms with Crippen LogP contribution in [0.3, 0.4) is 0 Å². The molecule has 1 saturated heterocycles. The highest BCUT2D eigenvalue weighted by molar-refractivity contribution is 6.04. The van der Waals surface area contributed by atoms with E-state index >= 15 is 0 Å². The van der Waals surface area contributed by atoms with Crippen LogP contribution >= 0.6 is 0 Å². The number of halogens is 1. The molecule has 0 atom stereocenters. The third-order valence-electron chi connectivity index (χ3n) is 6.52. The van der Waals surface area contributed by atoms with Crippen LogP contribution in [0.5, 0.6) is 0 Å². The Morgan fingerprint density at radius 3 is 2.50 bits per heavy atom. The summed E-state index contributed by atoms with van der Waals surface area (Å²) in [5, 5.41) is 2.89. The summed E-state index contributed by atoms with van der Waals surface area (Å²) in [6.45, 7) is 5.18. The van der Waals surface area contributed by atoms with Crippen LogP contribution in [-0.2, 0) is 0 Å². The highest BCUT2D eigenvalue weighted by atomic mass is 19.1. The van der Waals surface area contributed by atoms with E-state index in [4.69, 9.17) is 15.0 Å². The maximum Gasteiger partial charge on any atom is 0.255 e. The lowest BCUT2D eigenvalue weighted by molar-refractivity contribution is 0.102. The number of para-hydroxylation sites is 1. The molecule has 0 aliphatic carbocycles. The SMILES string of the molecule is Cc1ccc(F)cc1-c1nc(N2CCN(C)CC2)nc(N(C)c2cc(C(=O)Nc3ccccc3)ccn2)n1. The number of carbonyl (C=O) groups is 1. The van der Waals surface area contributed by atoms with Crippen molar-refractivity contribution in [2.24, 2.45) is 0 Å². The Hall–Kier alpha value is -4.44. The summed E-state index contributed by atoms with van der Waals surface area (Å²) in [7, 11) is 3.87. The van der Waals surface area contributed by atoms with Crippen molar-refractivity contribution in [3.8, 4) is 11.4 Å². The number of piperazine rings is 1. The van der Waals surface area contributed by atoms with Gasteiger partial charge in [-0.15, -0.1) is 0 Å². The summed E-state index contributed by atoms with van der Waals surface area (Å²) in [5.41, 5.74) is 2.60. The number of carbonyl (C=O) groups excluding carboxylic acids is 1. The molecule has 2 aromatic heterocycles. The number of aryl methyl sites for hydroxylation is 1. The van der Waals surface area contributed by atoms with Crippen molar-refractivity contribution in [3.63, 3.8) is 0 Å². The number of aromatic nitrogens is 4. The van der Waals surface area contributed by atoms with Crippen LogP contribution in [0.1, 0.15) is 15.9 Å². The summed E-state index contributed by atoms with van der Waals surface area (Å²) in [5.74, 6) is 1.13. The average Bonchev–Trinajstić information content (AvgIpc) is 2.94. The summed E-state index contributed by atoms with van der Waals surface area (Å²) >= 11 is 0. The van der Waals surface area contributed by atoms with Gasteiger partial charge in [0.05, 0.1) is 0 Å². The number of hydrogen-bond donors (Lipinski definition) is 1. The molecule has 194 valence electrons. The smallest absolute Gasteiger partial charge is 0.255 e. The molecule has 2 aromatic carbocycles. The van der Waals surface area contributed by atoms with Gasteiger partial charge in [-0.3, -0.25) is 9.69 Å². The van der Waals surface area contributed by atoms with E-state index in [1.807, 2.05) is 37.3 Å². The topological polar surface area (TPSA) is 90.4 Å². The number of nitrogens with zero attached hydrogens (tertiary/aromatic N) is 7. The van der Waals surface area contributed by atoms with Gasteiger partial charge in [0, 0.05) is 56.2 Å². The first-order chi connectivity index (χ1) is 18.4. The van der Waals surface area contributed by atoms with Gasteiger partial charge in [-0.2, -0.15) is 15.0 Å². The monoisotopic (exact) mass is 512 g/mol. The molecule has 1 aliphatic heterocycles. The molecule has 9 nitrogen and oxygen atoms in total. The van der Waals surface area contributed by atoms with E-state index in [-0.39, 0.29) is 11.7 Å². The zero-order chi connectivity index (χ0) is 26.6. The third-order valence-corrected chi connectivity index (χ3v) is 6.52. The highest BCUT2D eigenvalue weighted by Gasteiger charge is 2.22. The maximum atomic E-state index is 14.2. The highest BCUT2D eigenvalue weighted by Crippen LogP contribution is 2.27. The second kappa shape index (κ2) is 10.9. The molecular weight excluding hydrogens is 483 g/mol. The molecular formula is C28H29FN8O. The first-order valence-corrected chi connectivity index (χ1v) is 12.4. The molecule has 0 radical (unpaired) electrons. The van der Waals surface area contributed by atoms with E-state index in [0.29, 0.717) is 40.4 Å². The number of hydrogen-bond acceptors (Lipinski definition) is 8. The lowest BCUT2D eigenvalue weighted by atomic mass is 10.1. The van der Waals surface area contributed by atoms with Gasteiger partial charge in [0.15, 0.2) is 5.82 Å². The molecule has 38 heavy (non-hydrogen) atoms. The number of nitrogens with one attached hydrogen (secondary N) is 1. The normalized spacial score (nSPS) is 13.8. The number of likely N-dealkylation sites (N-methyl/N-ethyl adjacent to an activating group) is 1. The molecule has 1 amide bonds. The Morgan fingerprint density at radius 1 is 0.974 bits per heavy atom. The molecule has 5 rings (SSSR count). The minimum atomic E-state index is -0.360. The number of benzene rings is 2. The van der Waals surface area contributed by atoms with E-state index in [1.165, 1.54) is 12.1 Å². The van der Waals surface area contributed by atoms with Crippen molar-refractivity contribution in [2.45, 2.75) is 6.92 Å². The van der Waals surface area contributed by atoms with Crippen LogP contribution in [0.15, 0.2) is 66.9 Å². The summed E-state index contributed by atoms with van der Waals surface area (Å²) < 4.78 is 14.2. The first-order valence-electron chi connectivity index (χ1n) is 12.4. The minimum absolute atomic E-state index is 0.252. The molecule has 1 fully saturated rings. The van der Waals surface area contributed by atoms with Crippen LogP contribution in [0.4, 0.5) is 27.8 Å². The quantitative estimate of drug-likeness (QED) is 0.412. The van der Waals surface area contributed by atoms with E-state index in [1.54, 1.807) is 36.3 Å². The molecule has 1 aliphatic rings. The summed E-state index contributed by atoms with van der Waals surface area (Å²) in [6.07, 6.45) is 1.58. The molecule has 1 N–H and O–H groups in total. The van der Waals surface area contributed by atoms with Crippen LogP contribution < -0.4 is 15.1 Å². The van der Waals surface area contributed by atoms with Crippen molar-refractivity contribution in [2.75, 3.05) is 55.4 Å². The maximum absolute atomic E-state index is 14.2. The molecule has 0 bridgehead atoms. The second-order valence-electron chi connectivity index (χ2n) is 9.29. The van der Waals surface area contributed by atoms with E-state index < -0.39 is 0 Å². The molecule has 0 spiro atoms. The van der Waals surface area contributed by atoms with Crippen molar-refractivity contribution in [3.05, 3.63) is 83.8 Å². The van der Waals surface area contributed by atoms with Crippen molar-refractivity contribution >= 4 is 29.3 Å². The van der Waals surface area contributed by atoms with Gasteiger partial charge in [0.25, 0.3) is 5.91 Å². The molecule has 4 aromatic rings. The minimum Gasteiger partial charge on any atom is -0.338 e. The van der Waals surface area contributed by atoms with Crippen molar-refractivity contribution in [1.29, 1.82) is 0 Å².